The molecule has 6 nitrogen and oxygen atoms in total. The van der Waals surface area contributed by atoms with Crippen LogP contribution in [0.5, 0.6) is 11.6 Å². The molecule has 0 saturated carbocycles. The quantitative estimate of drug-likeness (QED) is 0.176. The molecule has 40 heavy (non-hydrogen) atoms. The van der Waals surface area contributed by atoms with Crippen molar-refractivity contribution in [3.8, 4) is 45.3 Å². The molecule has 0 saturated heterocycles. The smallest absolute Gasteiger partial charge is 0.227 e. The zero-order chi connectivity index (χ0) is 28.6. The van der Waals surface area contributed by atoms with Gasteiger partial charge in [-0.25, -0.2) is 14.4 Å². The second-order valence-electron chi connectivity index (χ2n) is 8.56. The number of fused-ring (bicyclic) bond motifs is 1. The van der Waals surface area contributed by atoms with E-state index in [9.17, 15) is 14.0 Å². The van der Waals surface area contributed by atoms with Crippen LogP contribution in [0.3, 0.4) is 0 Å². The first kappa shape index (κ1) is 27.5. The number of hydrogen-bond donors (Lipinski definition) is 0. The molecule has 0 fully saturated rings. The Balaban J connectivity index is 1.64. The lowest BCUT2D eigenvalue weighted by Crippen LogP contribution is -2.00. The Labute approximate surface area is 243 Å². The number of nitrogens with zero attached hydrogens (tertiary/aromatic N) is 2. The third-order valence-corrected chi connectivity index (χ3v) is 7.47. The van der Waals surface area contributed by atoms with Crippen LogP contribution >= 0.6 is 34.8 Å². The SMILES string of the molecule is COc1nc(-c2cccc(-c3cccc(-c4ccc5c(OC)c(C=O)cc(Cl)c5n4)c3Cl)c2Cl)cc(F)c1C=O. The Bertz CT molecular complexity index is 1830. The Morgan fingerprint density at radius 1 is 0.750 bits per heavy atom. The van der Waals surface area contributed by atoms with E-state index in [-0.39, 0.29) is 22.2 Å². The van der Waals surface area contributed by atoms with Crippen LogP contribution in [-0.4, -0.2) is 36.8 Å². The Morgan fingerprint density at radius 2 is 1.38 bits per heavy atom. The molecule has 3 aromatic carbocycles. The van der Waals surface area contributed by atoms with Crippen molar-refractivity contribution in [2.24, 2.45) is 0 Å². The van der Waals surface area contributed by atoms with Gasteiger partial charge in [0.05, 0.1) is 51.8 Å². The summed E-state index contributed by atoms with van der Waals surface area (Å²) in [6.45, 7) is 0. The summed E-state index contributed by atoms with van der Waals surface area (Å²) in [5.41, 5.74) is 3.41. The maximum atomic E-state index is 14.6. The van der Waals surface area contributed by atoms with Gasteiger partial charge in [-0.05, 0) is 18.2 Å². The van der Waals surface area contributed by atoms with E-state index in [0.29, 0.717) is 72.8 Å². The lowest BCUT2D eigenvalue weighted by atomic mass is 9.97. The molecule has 5 aromatic rings. The van der Waals surface area contributed by atoms with Crippen LogP contribution in [-0.2, 0) is 0 Å². The van der Waals surface area contributed by atoms with E-state index in [2.05, 4.69) is 4.98 Å². The highest BCUT2D eigenvalue weighted by atomic mass is 35.5. The molecule has 0 atom stereocenters. The van der Waals surface area contributed by atoms with Gasteiger partial charge in [0.2, 0.25) is 5.88 Å². The summed E-state index contributed by atoms with van der Waals surface area (Å²) in [5, 5.41) is 1.52. The molecule has 2 aromatic heterocycles. The van der Waals surface area contributed by atoms with E-state index >= 15 is 0 Å². The van der Waals surface area contributed by atoms with E-state index in [4.69, 9.17) is 49.3 Å². The molecule has 0 bridgehead atoms. The summed E-state index contributed by atoms with van der Waals surface area (Å²) >= 11 is 20.2. The molecule has 200 valence electrons. The summed E-state index contributed by atoms with van der Waals surface area (Å²) < 4.78 is 25.1. The Hall–Kier alpha value is -4.04. The first-order valence-electron chi connectivity index (χ1n) is 11.7. The molecule has 0 N–H and O–H groups in total. The fourth-order valence-corrected chi connectivity index (χ4v) is 5.40. The van der Waals surface area contributed by atoms with Crippen molar-refractivity contribution < 1.29 is 23.5 Å². The van der Waals surface area contributed by atoms with Gasteiger partial charge in [-0.3, -0.25) is 9.59 Å². The number of methoxy groups -OCH3 is 2. The lowest BCUT2D eigenvalue weighted by molar-refractivity contribution is 0.111. The first-order valence-corrected chi connectivity index (χ1v) is 12.9. The molecule has 0 unspecified atom stereocenters. The van der Waals surface area contributed by atoms with Gasteiger partial charge in [0, 0.05) is 33.7 Å². The third-order valence-electron chi connectivity index (χ3n) is 6.37. The maximum absolute atomic E-state index is 14.6. The molecular weight excluding hydrogens is 578 g/mol. The molecule has 0 radical (unpaired) electrons. The van der Waals surface area contributed by atoms with Crippen LogP contribution in [0.4, 0.5) is 4.39 Å². The van der Waals surface area contributed by atoms with Crippen molar-refractivity contribution in [1.82, 2.24) is 9.97 Å². The number of pyridine rings is 2. The highest BCUT2D eigenvalue weighted by molar-refractivity contribution is 6.39. The van der Waals surface area contributed by atoms with E-state index < -0.39 is 5.82 Å². The van der Waals surface area contributed by atoms with E-state index in [0.717, 1.165) is 6.07 Å². The van der Waals surface area contributed by atoms with Crippen LogP contribution in [0.1, 0.15) is 20.7 Å². The zero-order valence-corrected chi connectivity index (χ0v) is 23.2. The van der Waals surface area contributed by atoms with Crippen molar-refractivity contribution in [3.63, 3.8) is 0 Å². The van der Waals surface area contributed by atoms with Gasteiger partial charge in [0.1, 0.15) is 17.1 Å². The van der Waals surface area contributed by atoms with Crippen LogP contribution in [0.25, 0.3) is 44.5 Å². The summed E-state index contributed by atoms with van der Waals surface area (Å²) in [6, 6.07) is 16.8. The maximum Gasteiger partial charge on any atom is 0.227 e. The van der Waals surface area contributed by atoms with Crippen LogP contribution in [0.2, 0.25) is 15.1 Å². The average molecular weight is 596 g/mol. The van der Waals surface area contributed by atoms with Gasteiger partial charge in [-0.1, -0.05) is 71.2 Å². The second-order valence-corrected chi connectivity index (χ2v) is 9.72. The molecule has 10 heteroatoms. The van der Waals surface area contributed by atoms with Gasteiger partial charge in [0.15, 0.2) is 12.6 Å². The average Bonchev–Trinajstić information content (AvgIpc) is 2.97. The molecule has 0 aliphatic rings. The standard InChI is InChI=1S/C30H18Cl3FN2O4/c1-39-29-15(13-37)11-22(31)28-20(29)9-10-24(35-28)18-7-3-5-16(26(18)32)17-6-4-8-19(27(17)33)25-12-23(34)21(14-38)30(36-25)40-2/h3-14H,1-2H3. The van der Waals surface area contributed by atoms with Crippen LogP contribution in [0, 0.1) is 5.82 Å². The number of rotatable bonds is 7. The summed E-state index contributed by atoms with van der Waals surface area (Å²) in [6.07, 6.45) is 1.02. The number of carbonyl (C=O) groups excluding carboxylic acids is 2. The number of aldehydes is 2. The minimum absolute atomic E-state index is 0.149. The molecular formula is C30H18Cl3FN2O4. The van der Waals surface area contributed by atoms with Crippen molar-refractivity contribution in [2.75, 3.05) is 14.2 Å². The predicted octanol–water partition coefficient (Wildman–Crippen LogP) is 8.37. The van der Waals surface area contributed by atoms with Gasteiger partial charge >= 0.3 is 0 Å². The van der Waals surface area contributed by atoms with Gasteiger partial charge < -0.3 is 9.47 Å². The fraction of sp³-hybridized carbons (Fsp3) is 0.0667. The minimum atomic E-state index is -0.781. The van der Waals surface area contributed by atoms with E-state index in [1.165, 1.54) is 20.3 Å². The summed E-state index contributed by atoms with van der Waals surface area (Å²) in [7, 11) is 2.77. The van der Waals surface area contributed by atoms with Gasteiger partial charge in [-0.15, -0.1) is 0 Å². The van der Waals surface area contributed by atoms with Crippen molar-refractivity contribution in [1.29, 1.82) is 0 Å². The highest BCUT2D eigenvalue weighted by Crippen LogP contribution is 2.43. The largest absolute Gasteiger partial charge is 0.495 e. The molecule has 2 heterocycles. The summed E-state index contributed by atoms with van der Waals surface area (Å²) in [5.74, 6) is -0.555. The normalized spacial score (nSPS) is 10.9. The van der Waals surface area contributed by atoms with Crippen LogP contribution in [0.15, 0.2) is 60.7 Å². The Morgan fingerprint density at radius 3 is 1.95 bits per heavy atom. The molecule has 0 spiro atoms. The minimum Gasteiger partial charge on any atom is -0.495 e. The second kappa shape index (κ2) is 11.2. The number of benzene rings is 3. The molecule has 5 rings (SSSR count). The van der Waals surface area contributed by atoms with Crippen molar-refractivity contribution in [2.45, 2.75) is 0 Å². The van der Waals surface area contributed by atoms with E-state index in [1.54, 1.807) is 36.4 Å². The lowest BCUT2D eigenvalue weighted by Gasteiger charge is -2.15. The number of ether oxygens (including phenoxy) is 2. The van der Waals surface area contributed by atoms with Crippen molar-refractivity contribution >= 4 is 58.3 Å². The fourth-order valence-electron chi connectivity index (χ4n) is 4.49. The monoisotopic (exact) mass is 594 g/mol. The van der Waals surface area contributed by atoms with Crippen molar-refractivity contribution in [3.05, 3.63) is 92.7 Å². The van der Waals surface area contributed by atoms with Gasteiger partial charge in [-0.2, -0.15) is 0 Å². The molecule has 0 amide bonds. The third kappa shape index (κ3) is 4.66. The Kier molecular flexibility index (Phi) is 7.72. The molecule has 0 aliphatic heterocycles. The number of halogens is 4. The zero-order valence-electron chi connectivity index (χ0n) is 21.0. The highest BCUT2D eigenvalue weighted by Gasteiger charge is 2.20. The first-order chi connectivity index (χ1) is 19.3. The molecule has 0 aliphatic carbocycles. The number of carbonyl (C=O) groups is 2. The van der Waals surface area contributed by atoms with Crippen LogP contribution < -0.4 is 9.47 Å². The number of aromatic nitrogens is 2. The predicted molar refractivity (Wildman–Crippen MR) is 155 cm³/mol. The van der Waals surface area contributed by atoms with Gasteiger partial charge in [0.25, 0.3) is 0 Å². The number of hydrogen-bond acceptors (Lipinski definition) is 6. The van der Waals surface area contributed by atoms with E-state index in [1.807, 2.05) is 12.1 Å². The topological polar surface area (TPSA) is 78.4 Å². The summed E-state index contributed by atoms with van der Waals surface area (Å²) in [4.78, 5) is 31.7.